The quantitative estimate of drug-likeness (QED) is 0.425. The fourth-order valence-corrected chi connectivity index (χ4v) is 3.66. The van der Waals surface area contributed by atoms with Gasteiger partial charge >= 0.3 is 6.03 Å². The van der Waals surface area contributed by atoms with Crippen molar-refractivity contribution < 1.29 is 9.59 Å². The molecule has 30 heavy (non-hydrogen) atoms. The number of nitrogens with two attached hydrogens (primary N) is 2. The van der Waals surface area contributed by atoms with Gasteiger partial charge in [0.05, 0.1) is 17.4 Å². The molecule has 4 rings (SSSR count). The van der Waals surface area contributed by atoms with Crippen LogP contribution < -0.4 is 27.4 Å². The van der Waals surface area contributed by atoms with Crippen LogP contribution in [0.5, 0.6) is 0 Å². The molecule has 0 saturated heterocycles. The van der Waals surface area contributed by atoms with Gasteiger partial charge in [0.15, 0.2) is 0 Å². The number of hydrogen-bond acceptors (Lipinski definition) is 4. The van der Waals surface area contributed by atoms with Gasteiger partial charge in [0, 0.05) is 16.9 Å². The summed E-state index contributed by atoms with van der Waals surface area (Å²) in [7, 11) is 0. The summed E-state index contributed by atoms with van der Waals surface area (Å²) in [5.74, 6) is -0.216. The normalized spacial score (nSPS) is 14.6. The molecule has 1 aliphatic rings. The van der Waals surface area contributed by atoms with E-state index in [2.05, 4.69) is 16.0 Å². The van der Waals surface area contributed by atoms with Crippen LogP contribution in [-0.4, -0.2) is 11.9 Å². The number of aryl methyl sites for hydroxylation is 1. The molecule has 0 saturated carbocycles. The molecule has 0 bridgehead atoms. The van der Waals surface area contributed by atoms with Crippen molar-refractivity contribution >= 4 is 34.7 Å². The molecule has 0 fully saturated rings. The fourth-order valence-electron chi connectivity index (χ4n) is 3.66. The average Bonchev–Trinajstić information content (AvgIpc) is 3.11. The molecule has 1 unspecified atom stereocenters. The third-order valence-electron chi connectivity index (χ3n) is 5.14. The highest BCUT2D eigenvalue weighted by Gasteiger charge is 2.25. The molecular formula is C23H23N5O2. The maximum absolute atomic E-state index is 12.6. The topological polar surface area (TPSA) is 122 Å². The van der Waals surface area contributed by atoms with Crippen molar-refractivity contribution in [3.05, 3.63) is 83.4 Å². The SMILES string of the molecule is Nc1cccc(NC(=O)NC2CCc3cc(C(=O)Nc4ccccc4N)ccc32)c1. The van der Waals surface area contributed by atoms with Gasteiger partial charge in [0.25, 0.3) is 5.91 Å². The number of amides is 3. The monoisotopic (exact) mass is 401 g/mol. The molecule has 7 heteroatoms. The first-order valence-corrected chi connectivity index (χ1v) is 9.71. The van der Waals surface area contributed by atoms with Crippen LogP contribution in [0.4, 0.5) is 27.5 Å². The number of anilines is 4. The maximum atomic E-state index is 12.6. The van der Waals surface area contributed by atoms with E-state index < -0.39 is 0 Å². The van der Waals surface area contributed by atoms with Crippen LogP contribution in [0, 0.1) is 0 Å². The number of nitrogen functional groups attached to an aromatic ring is 2. The molecule has 3 amide bonds. The Labute approximate surface area is 174 Å². The Morgan fingerprint density at radius 2 is 1.73 bits per heavy atom. The number of para-hydroxylation sites is 2. The Balaban J connectivity index is 1.42. The second kappa shape index (κ2) is 8.16. The largest absolute Gasteiger partial charge is 0.399 e. The van der Waals surface area contributed by atoms with Crippen molar-refractivity contribution in [2.75, 3.05) is 22.1 Å². The van der Waals surface area contributed by atoms with Crippen molar-refractivity contribution in [3.63, 3.8) is 0 Å². The van der Waals surface area contributed by atoms with Crippen LogP contribution >= 0.6 is 0 Å². The third kappa shape index (κ3) is 4.20. The summed E-state index contributed by atoms with van der Waals surface area (Å²) in [6.07, 6.45) is 1.56. The number of benzene rings is 3. The van der Waals surface area contributed by atoms with Crippen molar-refractivity contribution in [1.82, 2.24) is 5.32 Å². The van der Waals surface area contributed by atoms with Crippen molar-refractivity contribution in [1.29, 1.82) is 0 Å². The third-order valence-corrected chi connectivity index (χ3v) is 5.14. The van der Waals surface area contributed by atoms with Crippen molar-refractivity contribution in [2.24, 2.45) is 0 Å². The molecule has 1 atom stereocenters. The van der Waals surface area contributed by atoms with Gasteiger partial charge in [-0.05, 0) is 66.4 Å². The van der Waals surface area contributed by atoms with Gasteiger partial charge in [-0.15, -0.1) is 0 Å². The smallest absolute Gasteiger partial charge is 0.319 e. The summed E-state index contributed by atoms with van der Waals surface area (Å²) >= 11 is 0. The molecular weight excluding hydrogens is 378 g/mol. The van der Waals surface area contributed by atoms with E-state index in [0.29, 0.717) is 28.3 Å². The number of fused-ring (bicyclic) bond motifs is 1. The zero-order valence-electron chi connectivity index (χ0n) is 16.3. The van der Waals surface area contributed by atoms with Crippen LogP contribution in [0.25, 0.3) is 0 Å². The Morgan fingerprint density at radius 1 is 0.900 bits per heavy atom. The van der Waals surface area contributed by atoms with E-state index in [0.717, 1.165) is 24.0 Å². The zero-order valence-corrected chi connectivity index (χ0v) is 16.3. The fraction of sp³-hybridized carbons (Fsp3) is 0.130. The maximum Gasteiger partial charge on any atom is 0.319 e. The zero-order chi connectivity index (χ0) is 21.1. The molecule has 7 N–H and O–H groups in total. The number of hydrogen-bond donors (Lipinski definition) is 5. The summed E-state index contributed by atoms with van der Waals surface area (Å²) in [6, 6.07) is 19.3. The minimum Gasteiger partial charge on any atom is -0.399 e. The average molecular weight is 401 g/mol. The van der Waals surface area contributed by atoms with Gasteiger partial charge in [-0.25, -0.2) is 4.79 Å². The highest BCUT2D eigenvalue weighted by atomic mass is 16.2. The minimum absolute atomic E-state index is 0.108. The first-order valence-electron chi connectivity index (χ1n) is 9.71. The second-order valence-corrected chi connectivity index (χ2v) is 7.27. The molecule has 0 aromatic heterocycles. The van der Waals surface area contributed by atoms with Crippen LogP contribution in [0.3, 0.4) is 0 Å². The number of nitrogens with one attached hydrogen (secondary N) is 3. The van der Waals surface area contributed by atoms with E-state index >= 15 is 0 Å². The lowest BCUT2D eigenvalue weighted by atomic mass is 10.0. The van der Waals surface area contributed by atoms with Gasteiger partial charge < -0.3 is 27.4 Å². The molecule has 152 valence electrons. The Morgan fingerprint density at radius 3 is 2.53 bits per heavy atom. The summed E-state index contributed by atoms with van der Waals surface area (Å²) in [5, 5.41) is 8.63. The first-order chi connectivity index (χ1) is 14.5. The predicted octanol–water partition coefficient (Wildman–Crippen LogP) is 3.91. The van der Waals surface area contributed by atoms with Crippen LogP contribution in [0.15, 0.2) is 66.7 Å². The minimum atomic E-state index is -0.292. The molecule has 0 radical (unpaired) electrons. The summed E-state index contributed by atoms with van der Waals surface area (Å²) in [4.78, 5) is 25.0. The Bertz CT molecular complexity index is 1110. The predicted molar refractivity (Wildman–Crippen MR) is 119 cm³/mol. The van der Waals surface area contributed by atoms with Gasteiger partial charge in [0.2, 0.25) is 0 Å². The summed E-state index contributed by atoms with van der Waals surface area (Å²) in [5.41, 5.74) is 16.6. The van der Waals surface area contributed by atoms with E-state index in [1.54, 1.807) is 42.5 Å². The number of urea groups is 1. The molecule has 0 spiro atoms. The molecule has 7 nitrogen and oxygen atoms in total. The van der Waals surface area contributed by atoms with E-state index in [1.165, 1.54) is 0 Å². The number of carbonyl (C=O) groups excluding carboxylic acids is 2. The van der Waals surface area contributed by atoms with Crippen molar-refractivity contribution in [2.45, 2.75) is 18.9 Å². The second-order valence-electron chi connectivity index (χ2n) is 7.27. The van der Waals surface area contributed by atoms with Crippen LogP contribution in [0.2, 0.25) is 0 Å². The van der Waals surface area contributed by atoms with Crippen LogP contribution in [-0.2, 0) is 6.42 Å². The van der Waals surface area contributed by atoms with E-state index in [1.807, 2.05) is 24.3 Å². The van der Waals surface area contributed by atoms with E-state index in [9.17, 15) is 9.59 Å². The molecule has 3 aromatic carbocycles. The van der Waals surface area contributed by atoms with Gasteiger partial charge in [-0.1, -0.05) is 24.3 Å². The Hall–Kier alpha value is -4.00. The standard InChI is InChI=1S/C23H23N5O2/c24-16-4-3-5-17(13-16)26-23(30)28-20-11-9-14-12-15(8-10-18(14)20)22(29)27-21-7-2-1-6-19(21)25/h1-8,10,12-13,20H,9,11,24-25H2,(H,27,29)(H2,26,28,30). The number of carbonyl (C=O) groups is 2. The lowest BCUT2D eigenvalue weighted by Gasteiger charge is -2.15. The number of rotatable bonds is 4. The molecule has 3 aromatic rings. The van der Waals surface area contributed by atoms with E-state index in [-0.39, 0.29) is 18.0 Å². The van der Waals surface area contributed by atoms with Gasteiger partial charge in [0.1, 0.15) is 0 Å². The molecule has 0 heterocycles. The molecule has 0 aliphatic heterocycles. The van der Waals surface area contributed by atoms with Crippen LogP contribution in [0.1, 0.15) is 33.9 Å². The summed E-state index contributed by atoms with van der Waals surface area (Å²) in [6.45, 7) is 0. The highest BCUT2D eigenvalue weighted by Crippen LogP contribution is 2.32. The van der Waals surface area contributed by atoms with Crippen molar-refractivity contribution in [3.8, 4) is 0 Å². The lowest BCUT2D eigenvalue weighted by molar-refractivity contribution is 0.102. The first kappa shape index (κ1) is 19.3. The summed E-state index contributed by atoms with van der Waals surface area (Å²) < 4.78 is 0. The molecule has 1 aliphatic carbocycles. The van der Waals surface area contributed by atoms with Gasteiger partial charge in [-0.3, -0.25) is 4.79 Å². The highest BCUT2D eigenvalue weighted by molar-refractivity contribution is 6.06. The van der Waals surface area contributed by atoms with E-state index in [4.69, 9.17) is 11.5 Å². The Kier molecular flexibility index (Phi) is 5.26. The lowest BCUT2D eigenvalue weighted by Crippen LogP contribution is -2.31. The van der Waals surface area contributed by atoms with Gasteiger partial charge in [-0.2, -0.15) is 0 Å².